The monoisotopic (exact) mass is 418 g/mol. The molecule has 0 radical (unpaired) electrons. The van der Waals surface area contributed by atoms with Gasteiger partial charge in [0.05, 0.1) is 18.2 Å². The van der Waals surface area contributed by atoms with Gasteiger partial charge in [0.2, 0.25) is 5.76 Å². The number of esters is 1. The molecule has 0 N–H and O–H groups in total. The molecule has 0 aromatic carbocycles. The predicted octanol–water partition coefficient (Wildman–Crippen LogP) is 4.27. The molecule has 148 valence electrons. The van der Waals surface area contributed by atoms with Crippen LogP contribution in [0.1, 0.15) is 47.0 Å². The van der Waals surface area contributed by atoms with Crippen LogP contribution in [-0.2, 0) is 29.9 Å². The summed E-state index contributed by atoms with van der Waals surface area (Å²) in [5, 5.41) is 1.49. The van der Waals surface area contributed by atoms with E-state index in [1.54, 1.807) is 28.0 Å². The maximum absolute atomic E-state index is 13.2. The van der Waals surface area contributed by atoms with Crippen LogP contribution in [0.25, 0.3) is 10.2 Å². The third-order valence-electron chi connectivity index (χ3n) is 5.09. The van der Waals surface area contributed by atoms with Gasteiger partial charge in [-0.2, -0.15) is 0 Å². The zero-order valence-corrected chi connectivity index (χ0v) is 17.7. The molecule has 1 aliphatic carbocycles. The van der Waals surface area contributed by atoms with E-state index in [4.69, 9.17) is 9.40 Å². The molecule has 0 amide bonds. The van der Waals surface area contributed by atoms with Crippen molar-refractivity contribution in [3.05, 3.63) is 44.4 Å². The first-order chi connectivity index (χ1) is 13.5. The number of ether oxygens (including phenoxy) is 1. The van der Waals surface area contributed by atoms with E-state index in [2.05, 4.69) is 11.7 Å². The van der Waals surface area contributed by atoms with Crippen molar-refractivity contribution in [3.8, 4) is 0 Å². The SMILES string of the molecule is CCn1c(SCc2ccc(C(=O)OC)o2)nc2sc3c(c2c1=O)CCC(C)C3. The lowest BCUT2D eigenvalue weighted by Gasteiger charge is -2.17. The second-order valence-electron chi connectivity index (χ2n) is 7.02. The van der Waals surface area contributed by atoms with E-state index >= 15 is 0 Å². The van der Waals surface area contributed by atoms with Crippen LogP contribution in [0.15, 0.2) is 26.5 Å². The number of carbonyl (C=O) groups excluding carboxylic acids is 1. The fourth-order valence-electron chi connectivity index (χ4n) is 3.60. The molecule has 0 fully saturated rings. The fraction of sp³-hybridized carbons (Fsp3) is 0.450. The van der Waals surface area contributed by atoms with Gasteiger partial charge >= 0.3 is 5.97 Å². The van der Waals surface area contributed by atoms with E-state index in [-0.39, 0.29) is 11.3 Å². The quantitative estimate of drug-likeness (QED) is 0.350. The van der Waals surface area contributed by atoms with Crippen molar-refractivity contribution in [2.24, 2.45) is 5.92 Å². The van der Waals surface area contributed by atoms with E-state index < -0.39 is 5.97 Å². The molecule has 6 nitrogen and oxygen atoms in total. The zero-order valence-electron chi connectivity index (χ0n) is 16.1. The van der Waals surface area contributed by atoms with Gasteiger partial charge in [-0.25, -0.2) is 9.78 Å². The number of carbonyl (C=O) groups is 1. The molecule has 8 heteroatoms. The summed E-state index contributed by atoms with van der Waals surface area (Å²) in [6, 6.07) is 3.34. The van der Waals surface area contributed by atoms with Crippen LogP contribution < -0.4 is 5.56 Å². The van der Waals surface area contributed by atoms with Crippen molar-refractivity contribution >= 4 is 39.3 Å². The highest BCUT2D eigenvalue weighted by molar-refractivity contribution is 7.98. The summed E-state index contributed by atoms with van der Waals surface area (Å²) in [6.07, 6.45) is 3.13. The van der Waals surface area contributed by atoms with Gasteiger partial charge in [0.25, 0.3) is 5.56 Å². The normalized spacial score (nSPS) is 16.3. The third kappa shape index (κ3) is 3.39. The van der Waals surface area contributed by atoms with Crippen LogP contribution in [0.3, 0.4) is 0 Å². The Bertz CT molecular complexity index is 1100. The number of thiophene rings is 1. The summed E-state index contributed by atoms with van der Waals surface area (Å²) >= 11 is 3.11. The molecule has 3 aromatic heterocycles. The van der Waals surface area contributed by atoms with Crippen molar-refractivity contribution in [2.45, 2.75) is 50.6 Å². The highest BCUT2D eigenvalue weighted by Gasteiger charge is 2.24. The van der Waals surface area contributed by atoms with E-state index in [1.807, 2.05) is 6.92 Å². The number of methoxy groups -OCH3 is 1. The third-order valence-corrected chi connectivity index (χ3v) is 7.24. The first-order valence-corrected chi connectivity index (χ1v) is 11.2. The first-order valence-electron chi connectivity index (χ1n) is 9.36. The lowest BCUT2D eigenvalue weighted by molar-refractivity contribution is 0.0563. The molecule has 0 spiro atoms. The second kappa shape index (κ2) is 7.75. The Balaban J connectivity index is 1.66. The summed E-state index contributed by atoms with van der Waals surface area (Å²) in [7, 11) is 1.32. The molecule has 0 saturated carbocycles. The summed E-state index contributed by atoms with van der Waals surface area (Å²) in [5.74, 6) is 1.46. The minimum absolute atomic E-state index is 0.0525. The van der Waals surface area contributed by atoms with Gasteiger partial charge in [-0.1, -0.05) is 18.7 Å². The molecule has 1 aliphatic rings. The minimum Gasteiger partial charge on any atom is -0.463 e. The number of hydrogen-bond acceptors (Lipinski definition) is 7. The van der Waals surface area contributed by atoms with Crippen molar-refractivity contribution in [3.63, 3.8) is 0 Å². The molecular weight excluding hydrogens is 396 g/mol. The highest BCUT2D eigenvalue weighted by Crippen LogP contribution is 2.36. The lowest BCUT2D eigenvalue weighted by Crippen LogP contribution is -2.23. The predicted molar refractivity (Wildman–Crippen MR) is 110 cm³/mol. The molecule has 3 heterocycles. The van der Waals surface area contributed by atoms with E-state index in [0.29, 0.717) is 29.1 Å². The maximum Gasteiger partial charge on any atom is 0.373 e. The van der Waals surface area contributed by atoms with Crippen LogP contribution in [0.5, 0.6) is 0 Å². The number of nitrogens with zero attached hydrogens (tertiary/aromatic N) is 2. The molecule has 4 rings (SSSR count). The zero-order chi connectivity index (χ0) is 19.8. The molecule has 0 saturated heterocycles. The van der Waals surface area contributed by atoms with E-state index in [0.717, 1.165) is 29.5 Å². The second-order valence-corrected chi connectivity index (χ2v) is 9.05. The standard InChI is InChI=1S/C20H22N2O4S2/c1-4-22-18(23)16-13-7-5-11(2)9-15(13)28-17(16)21-20(22)27-10-12-6-8-14(26-12)19(24)25-3/h6,8,11H,4-5,7,9-10H2,1-3H3. The lowest BCUT2D eigenvalue weighted by atomic mass is 9.89. The van der Waals surface area contributed by atoms with Gasteiger partial charge in [0.1, 0.15) is 10.6 Å². The summed E-state index contributed by atoms with van der Waals surface area (Å²) < 4.78 is 11.9. The highest BCUT2D eigenvalue weighted by atomic mass is 32.2. The number of rotatable bonds is 5. The van der Waals surface area contributed by atoms with Crippen LogP contribution in [-0.4, -0.2) is 22.6 Å². The van der Waals surface area contributed by atoms with Gasteiger partial charge in [-0.05, 0) is 49.8 Å². The summed E-state index contributed by atoms with van der Waals surface area (Å²) in [5.41, 5.74) is 1.26. The summed E-state index contributed by atoms with van der Waals surface area (Å²) in [4.78, 5) is 31.7. The largest absolute Gasteiger partial charge is 0.463 e. The number of fused-ring (bicyclic) bond motifs is 3. The van der Waals surface area contributed by atoms with Gasteiger partial charge in [0.15, 0.2) is 5.16 Å². The molecule has 1 unspecified atom stereocenters. The molecular formula is C20H22N2O4S2. The number of furan rings is 1. The van der Waals surface area contributed by atoms with Gasteiger partial charge in [-0.15, -0.1) is 11.3 Å². The maximum atomic E-state index is 13.2. The van der Waals surface area contributed by atoms with Gasteiger partial charge in [0, 0.05) is 11.4 Å². The molecule has 0 aliphatic heterocycles. The van der Waals surface area contributed by atoms with E-state index in [1.165, 1.54) is 29.3 Å². The Kier molecular flexibility index (Phi) is 5.33. The molecule has 3 aromatic rings. The van der Waals surface area contributed by atoms with Crippen molar-refractivity contribution in [1.29, 1.82) is 0 Å². The average Bonchev–Trinajstić information content (AvgIpc) is 3.29. The van der Waals surface area contributed by atoms with Crippen LogP contribution in [0.2, 0.25) is 0 Å². The van der Waals surface area contributed by atoms with E-state index in [9.17, 15) is 9.59 Å². The van der Waals surface area contributed by atoms with Crippen LogP contribution >= 0.6 is 23.1 Å². The number of aryl methyl sites for hydroxylation is 1. The van der Waals surface area contributed by atoms with Gasteiger partial charge in [-0.3, -0.25) is 9.36 Å². The molecule has 1 atom stereocenters. The van der Waals surface area contributed by atoms with Crippen molar-refractivity contribution < 1.29 is 13.9 Å². The Labute approximate surface area is 170 Å². The van der Waals surface area contributed by atoms with Crippen molar-refractivity contribution in [1.82, 2.24) is 9.55 Å². The van der Waals surface area contributed by atoms with Crippen molar-refractivity contribution in [2.75, 3.05) is 7.11 Å². The van der Waals surface area contributed by atoms with Gasteiger partial charge < -0.3 is 9.15 Å². The van der Waals surface area contributed by atoms with Crippen LogP contribution in [0, 0.1) is 5.92 Å². The van der Waals surface area contributed by atoms with Crippen LogP contribution in [0.4, 0.5) is 0 Å². The number of aromatic nitrogens is 2. The first kappa shape index (κ1) is 19.3. The Hall–Kier alpha value is -2.06. The Morgan fingerprint density at radius 2 is 2.29 bits per heavy atom. The smallest absolute Gasteiger partial charge is 0.373 e. The topological polar surface area (TPSA) is 74.3 Å². The summed E-state index contributed by atoms with van der Waals surface area (Å²) in [6.45, 7) is 4.79. The number of thioether (sulfide) groups is 1. The Morgan fingerprint density at radius 3 is 3.04 bits per heavy atom. The Morgan fingerprint density at radius 1 is 1.46 bits per heavy atom. The average molecular weight is 419 g/mol. The fourth-order valence-corrected chi connectivity index (χ4v) is 5.98. The molecule has 0 bridgehead atoms. The minimum atomic E-state index is -0.500. The number of hydrogen-bond donors (Lipinski definition) is 0. The molecule has 28 heavy (non-hydrogen) atoms.